The van der Waals surface area contributed by atoms with Gasteiger partial charge < -0.3 is 0 Å². The maximum Gasteiger partial charge on any atom is 0.236 e. The molecule has 0 bridgehead atoms. The summed E-state index contributed by atoms with van der Waals surface area (Å²) >= 11 is 7.46. The molecule has 1 aromatic heterocycles. The molecule has 0 atom stereocenters. The fraction of sp³-hybridized carbons (Fsp3) is 0.125. The fourth-order valence-electron chi connectivity index (χ4n) is 2.49. The molecule has 0 spiro atoms. The van der Waals surface area contributed by atoms with Crippen LogP contribution in [0.2, 0.25) is 5.02 Å². The molecule has 2 aromatic carbocycles. The van der Waals surface area contributed by atoms with E-state index in [1.54, 1.807) is 11.8 Å². The van der Waals surface area contributed by atoms with E-state index in [1.807, 2.05) is 55.5 Å². The van der Waals surface area contributed by atoms with E-state index in [2.05, 4.69) is 0 Å². The molecule has 22 heavy (non-hydrogen) atoms. The van der Waals surface area contributed by atoms with Gasteiger partial charge in [-0.05, 0) is 37.3 Å². The molecule has 114 valence electrons. The molecule has 0 unspecified atom stereocenters. The predicted molar refractivity (Wildman–Crippen MR) is 92.5 cm³/mol. The molecule has 0 amide bonds. The minimum atomic E-state index is -3.36. The minimum absolute atomic E-state index is 0.680. The molecular weight excluding hydrogens is 338 g/mol. The lowest BCUT2D eigenvalue weighted by molar-refractivity contribution is 0.594. The Morgan fingerprint density at radius 2 is 1.68 bits per heavy atom. The Morgan fingerprint density at radius 1 is 1.05 bits per heavy atom. The van der Waals surface area contributed by atoms with Crippen LogP contribution in [0.3, 0.4) is 0 Å². The maximum atomic E-state index is 12.1. The average Bonchev–Trinajstić information content (AvgIpc) is 2.74. The summed E-state index contributed by atoms with van der Waals surface area (Å²) in [6.07, 6.45) is 1.23. The number of aromatic nitrogens is 1. The molecule has 3 rings (SSSR count). The number of benzene rings is 2. The number of hydrogen-bond acceptors (Lipinski definition) is 3. The zero-order valence-corrected chi connectivity index (χ0v) is 14.5. The molecule has 0 radical (unpaired) electrons. The Bertz CT molecular complexity index is 944. The SMILES string of the molecule is Cc1c(Sc2ccc(Cl)cc2)c2ccccc2n1S(C)(=O)=O. The Kier molecular flexibility index (Phi) is 3.97. The first kappa shape index (κ1) is 15.5. The van der Waals surface area contributed by atoms with Crippen LogP contribution in [0.4, 0.5) is 0 Å². The standard InChI is InChI=1S/C16H14ClNO2S2/c1-11-16(21-13-9-7-12(17)8-10-13)14-5-3-4-6-15(14)18(11)22(2,19)20/h3-10H,1-2H3. The number of halogens is 1. The third kappa shape index (κ3) is 2.76. The summed E-state index contributed by atoms with van der Waals surface area (Å²) in [6.45, 7) is 1.83. The smallest absolute Gasteiger partial charge is 0.236 e. The third-order valence-electron chi connectivity index (χ3n) is 3.37. The van der Waals surface area contributed by atoms with Gasteiger partial charge in [-0.2, -0.15) is 0 Å². The van der Waals surface area contributed by atoms with Gasteiger partial charge in [-0.3, -0.25) is 0 Å². The summed E-state index contributed by atoms with van der Waals surface area (Å²) in [4.78, 5) is 1.97. The van der Waals surface area contributed by atoms with Crippen molar-refractivity contribution >= 4 is 44.3 Å². The molecule has 0 aliphatic heterocycles. The van der Waals surface area contributed by atoms with Crippen LogP contribution in [0.15, 0.2) is 58.3 Å². The van der Waals surface area contributed by atoms with Gasteiger partial charge in [0.05, 0.1) is 11.8 Å². The quantitative estimate of drug-likeness (QED) is 0.694. The van der Waals surface area contributed by atoms with Crippen molar-refractivity contribution in [1.29, 1.82) is 0 Å². The first-order valence-corrected chi connectivity index (χ1v) is 9.66. The van der Waals surface area contributed by atoms with Crippen LogP contribution >= 0.6 is 23.4 Å². The van der Waals surface area contributed by atoms with Crippen LogP contribution in [0.25, 0.3) is 10.9 Å². The molecule has 3 aromatic rings. The van der Waals surface area contributed by atoms with Gasteiger partial charge in [0.1, 0.15) is 0 Å². The normalized spacial score (nSPS) is 12.0. The highest BCUT2D eigenvalue weighted by molar-refractivity contribution is 7.99. The lowest BCUT2D eigenvalue weighted by atomic mass is 10.2. The Balaban J connectivity index is 2.22. The highest BCUT2D eigenvalue weighted by atomic mass is 35.5. The first-order chi connectivity index (χ1) is 10.4. The van der Waals surface area contributed by atoms with E-state index in [9.17, 15) is 8.42 Å². The largest absolute Gasteiger partial charge is 0.241 e. The molecule has 0 aliphatic carbocycles. The minimum Gasteiger partial charge on any atom is -0.241 e. The second-order valence-electron chi connectivity index (χ2n) is 5.02. The number of rotatable bonds is 3. The van der Waals surface area contributed by atoms with Crippen molar-refractivity contribution < 1.29 is 8.42 Å². The van der Waals surface area contributed by atoms with Gasteiger partial charge in [0.15, 0.2) is 0 Å². The molecule has 1 heterocycles. The van der Waals surface area contributed by atoms with Gasteiger partial charge in [-0.15, -0.1) is 0 Å². The zero-order valence-electron chi connectivity index (χ0n) is 12.1. The highest BCUT2D eigenvalue weighted by Crippen LogP contribution is 2.39. The molecule has 0 saturated carbocycles. The van der Waals surface area contributed by atoms with Gasteiger partial charge in [0.2, 0.25) is 10.0 Å². The van der Waals surface area contributed by atoms with Crippen molar-refractivity contribution in [3.05, 3.63) is 59.2 Å². The van der Waals surface area contributed by atoms with E-state index >= 15 is 0 Å². The first-order valence-electron chi connectivity index (χ1n) is 6.62. The average molecular weight is 352 g/mol. The zero-order chi connectivity index (χ0) is 15.9. The van der Waals surface area contributed by atoms with Crippen molar-refractivity contribution in [1.82, 2.24) is 3.97 Å². The van der Waals surface area contributed by atoms with Crippen LogP contribution in [0.1, 0.15) is 5.69 Å². The number of para-hydroxylation sites is 1. The monoisotopic (exact) mass is 351 g/mol. The summed E-state index contributed by atoms with van der Waals surface area (Å²) in [5.41, 5.74) is 1.43. The summed E-state index contributed by atoms with van der Waals surface area (Å²) in [6, 6.07) is 15.1. The van der Waals surface area contributed by atoms with Crippen LogP contribution in [-0.4, -0.2) is 18.6 Å². The summed E-state index contributed by atoms with van der Waals surface area (Å²) in [5.74, 6) is 0. The molecule has 6 heteroatoms. The van der Waals surface area contributed by atoms with Crippen LogP contribution in [0, 0.1) is 6.92 Å². The molecule has 0 fully saturated rings. The molecule has 0 N–H and O–H groups in total. The fourth-order valence-corrected chi connectivity index (χ4v) is 4.81. The van der Waals surface area contributed by atoms with Crippen LogP contribution in [-0.2, 0) is 10.0 Å². The Morgan fingerprint density at radius 3 is 2.32 bits per heavy atom. The van der Waals surface area contributed by atoms with Gasteiger partial charge in [0, 0.05) is 25.9 Å². The van der Waals surface area contributed by atoms with Crippen LogP contribution in [0.5, 0.6) is 0 Å². The van der Waals surface area contributed by atoms with Crippen LogP contribution < -0.4 is 0 Å². The lowest BCUT2D eigenvalue weighted by Crippen LogP contribution is -2.11. The summed E-state index contributed by atoms with van der Waals surface area (Å²) < 4.78 is 25.6. The summed E-state index contributed by atoms with van der Waals surface area (Å²) in [7, 11) is -3.36. The van der Waals surface area contributed by atoms with E-state index in [0.29, 0.717) is 10.5 Å². The van der Waals surface area contributed by atoms with E-state index in [-0.39, 0.29) is 0 Å². The number of nitrogens with zero attached hydrogens (tertiary/aromatic N) is 1. The van der Waals surface area contributed by atoms with Crippen molar-refractivity contribution in [3.8, 4) is 0 Å². The third-order valence-corrected chi connectivity index (χ3v) is 5.98. The van der Waals surface area contributed by atoms with E-state index in [4.69, 9.17) is 11.6 Å². The van der Waals surface area contributed by atoms with Crippen molar-refractivity contribution in [2.75, 3.05) is 6.26 Å². The lowest BCUT2D eigenvalue weighted by Gasteiger charge is -2.05. The number of hydrogen-bond donors (Lipinski definition) is 0. The Hall–Kier alpha value is -1.43. The Labute approximate surface area is 139 Å². The van der Waals surface area contributed by atoms with Crippen molar-refractivity contribution in [3.63, 3.8) is 0 Å². The molecule has 0 aliphatic rings. The van der Waals surface area contributed by atoms with Crippen molar-refractivity contribution in [2.45, 2.75) is 16.7 Å². The topological polar surface area (TPSA) is 39.1 Å². The van der Waals surface area contributed by atoms with Gasteiger partial charge in [-0.25, -0.2) is 12.4 Å². The summed E-state index contributed by atoms with van der Waals surface area (Å²) in [5, 5.41) is 1.62. The van der Waals surface area contributed by atoms with Gasteiger partial charge >= 0.3 is 0 Å². The van der Waals surface area contributed by atoms with E-state index in [1.165, 1.54) is 10.2 Å². The van der Waals surface area contributed by atoms with Gasteiger partial charge in [-0.1, -0.05) is 41.6 Å². The van der Waals surface area contributed by atoms with Gasteiger partial charge in [0.25, 0.3) is 0 Å². The molecule has 3 nitrogen and oxygen atoms in total. The van der Waals surface area contributed by atoms with Crippen molar-refractivity contribution in [2.24, 2.45) is 0 Å². The maximum absolute atomic E-state index is 12.1. The predicted octanol–water partition coefficient (Wildman–Crippen LogP) is 4.56. The van der Waals surface area contributed by atoms with E-state index in [0.717, 1.165) is 20.9 Å². The number of fused-ring (bicyclic) bond motifs is 1. The van der Waals surface area contributed by atoms with E-state index < -0.39 is 10.0 Å². The molecular formula is C16H14ClNO2S2. The molecule has 0 saturated heterocycles. The second-order valence-corrected chi connectivity index (χ2v) is 8.37. The second kappa shape index (κ2) is 5.65. The highest BCUT2D eigenvalue weighted by Gasteiger charge is 2.20.